The minimum Gasteiger partial charge on any atom is -0.496 e. The Morgan fingerprint density at radius 2 is 1.95 bits per heavy atom. The van der Waals surface area contributed by atoms with Crippen molar-refractivity contribution in [3.63, 3.8) is 0 Å². The van der Waals surface area contributed by atoms with Gasteiger partial charge in [-0.25, -0.2) is 4.79 Å². The Morgan fingerprint density at radius 3 is 2.52 bits per heavy atom. The maximum absolute atomic E-state index is 10.7. The SMILES string of the molecule is COc1ccc(C2(N=C=O)CC2)cc1C1CCC(C)CC1. The van der Waals surface area contributed by atoms with Crippen molar-refractivity contribution in [2.75, 3.05) is 7.11 Å². The van der Waals surface area contributed by atoms with Crippen molar-refractivity contribution >= 4 is 6.08 Å². The quantitative estimate of drug-likeness (QED) is 0.610. The summed E-state index contributed by atoms with van der Waals surface area (Å²) in [6.07, 6.45) is 8.68. The van der Waals surface area contributed by atoms with Crippen LogP contribution < -0.4 is 4.74 Å². The minimum absolute atomic E-state index is 0.287. The van der Waals surface area contributed by atoms with Gasteiger partial charge < -0.3 is 4.74 Å². The zero-order valence-corrected chi connectivity index (χ0v) is 12.9. The van der Waals surface area contributed by atoms with E-state index in [1.807, 2.05) is 6.07 Å². The summed E-state index contributed by atoms with van der Waals surface area (Å²) < 4.78 is 5.57. The number of carbonyl (C=O) groups excluding carboxylic acids is 1. The standard InChI is InChI=1S/C18H23NO2/c1-13-3-5-14(6-4-13)16-11-15(7-8-17(16)21-2)18(9-10-18)19-12-20/h7-8,11,13-14H,3-6,9-10H2,1-2H3. The highest BCUT2D eigenvalue weighted by Crippen LogP contribution is 2.51. The van der Waals surface area contributed by atoms with Gasteiger partial charge in [-0.1, -0.05) is 25.8 Å². The van der Waals surface area contributed by atoms with Gasteiger partial charge in [0, 0.05) is 0 Å². The number of aliphatic imine (C=N–C) groups is 1. The minimum atomic E-state index is -0.287. The molecule has 0 heterocycles. The van der Waals surface area contributed by atoms with Crippen molar-refractivity contribution in [1.82, 2.24) is 0 Å². The van der Waals surface area contributed by atoms with Gasteiger partial charge in [0.05, 0.1) is 12.6 Å². The lowest BCUT2D eigenvalue weighted by atomic mass is 9.78. The van der Waals surface area contributed by atoms with Crippen molar-refractivity contribution < 1.29 is 9.53 Å². The first-order valence-corrected chi connectivity index (χ1v) is 7.96. The summed E-state index contributed by atoms with van der Waals surface area (Å²) in [7, 11) is 1.74. The van der Waals surface area contributed by atoms with Crippen molar-refractivity contribution in [3.8, 4) is 5.75 Å². The Hall–Kier alpha value is -1.60. The van der Waals surface area contributed by atoms with Crippen LogP contribution in [0.3, 0.4) is 0 Å². The number of isocyanates is 1. The van der Waals surface area contributed by atoms with Gasteiger partial charge in [-0.05, 0) is 60.8 Å². The largest absolute Gasteiger partial charge is 0.496 e. The summed E-state index contributed by atoms with van der Waals surface area (Å²) in [6, 6.07) is 6.33. The first-order valence-electron chi connectivity index (χ1n) is 7.96. The Balaban J connectivity index is 1.92. The van der Waals surface area contributed by atoms with Gasteiger partial charge in [-0.2, -0.15) is 4.99 Å². The number of hydrogen-bond acceptors (Lipinski definition) is 3. The summed E-state index contributed by atoms with van der Waals surface area (Å²) in [5, 5.41) is 0. The second-order valence-corrected chi connectivity index (χ2v) is 6.65. The molecular formula is C18H23NO2. The fourth-order valence-corrected chi connectivity index (χ4v) is 3.58. The average molecular weight is 285 g/mol. The van der Waals surface area contributed by atoms with Crippen molar-refractivity contribution in [2.24, 2.45) is 10.9 Å². The average Bonchev–Trinajstić information content (AvgIpc) is 3.29. The van der Waals surface area contributed by atoms with Gasteiger partial charge in [0.1, 0.15) is 5.75 Å². The molecule has 0 aliphatic heterocycles. The fraction of sp³-hybridized carbons (Fsp3) is 0.611. The Kier molecular flexibility index (Phi) is 3.86. The Labute approximate surface area is 126 Å². The summed E-state index contributed by atoms with van der Waals surface area (Å²) in [5.41, 5.74) is 2.17. The third-order valence-electron chi connectivity index (χ3n) is 5.21. The molecule has 0 aromatic heterocycles. The number of hydrogen-bond donors (Lipinski definition) is 0. The molecule has 2 aliphatic rings. The lowest BCUT2D eigenvalue weighted by Crippen LogP contribution is -2.13. The molecule has 2 aliphatic carbocycles. The first kappa shape index (κ1) is 14.3. The molecule has 2 saturated carbocycles. The lowest BCUT2D eigenvalue weighted by Gasteiger charge is -2.28. The molecule has 21 heavy (non-hydrogen) atoms. The molecule has 3 heteroatoms. The normalized spacial score (nSPS) is 26.8. The number of ether oxygens (including phenoxy) is 1. The van der Waals surface area contributed by atoms with Crippen LogP contribution in [0.5, 0.6) is 5.75 Å². The van der Waals surface area contributed by atoms with Gasteiger partial charge in [-0.3, -0.25) is 0 Å². The predicted molar refractivity (Wildman–Crippen MR) is 82.4 cm³/mol. The van der Waals surface area contributed by atoms with Crippen molar-refractivity contribution in [3.05, 3.63) is 29.3 Å². The summed E-state index contributed by atoms with van der Waals surface area (Å²) in [4.78, 5) is 14.7. The van der Waals surface area contributed by atoms with Crippen LogP contribution in [0.15, 0.2) is 23.2 Å². The van der Waals surface area contributed by atoms with Crippen molar-refractivity contribution in [1.29, 1.82) is 0 Å². The van der Waals surface area contributed by atoms with Gasteiger partial charge >= 0.3 is 0 Å². The summed E-state index contributed by atoms with van der Waals surface area (Å²) >= 11 is 0. The van der Waals surface area contributed by atoms with E-state index in [4.69, 9.17) is 4.74 Å². The zero-order chi connectivity index (χ0) is 14.9. The highest BCUT2D eigenvalue weighted by molar-refractivity contribution is 5.47. The molecule has 0 radical (unpaired) electrons. The van der Waals surface area contributed by atoms with Crippen LogP contribution in [0, 0.1) is 5.92 Å². The van der Waals surface area contributed by atoms with Crippen LogP contribution in [0.4, 0.5) is 0 Å². The van der Waals surface area contributed by atoms with E-state index < -0.39 is 0 Å². The highest BCUT2D eigenvalue weighted by atomic mass is 16.5. The van der Waals surface area contributed by atoms with Gasteiger partial charge in [0.25, 0.3) is 0 Å². The monoisotopic (exact) mass is 285 g/mol. The van der Waals surface area contributed by atoms with Gasteiger partial charge in [0.15, 0.2) is 0 Å². The third-order valence-corrected chi connectivity index (χ3v) is 5.21. The van der Waals surface area contributed by atoms with Crippen LogP contribution in [0.2, 0.25) is 0 Å². The van der Waals surface area contributed by atoms with Crippen LogP contribution in [-0.2, 0) is 10.3 Å². The Morgan fingerprint density at radius 1 is 1.24 bits per heavy atom. The lowest BCUT2D eigenvalue weighted by molar-refractivity contribution is 0.336. The van der Waals surface area contributed by atoms with Crippen molar-refractivity contribution in [2.45, 2.75) is 56.9 Å². The number of rotatable bonds is 4. The first-order chi connectivity index (χ1) is 10.2. The Bertz CT molecular complexity index is 563. The van der Waals surface area contributed by atoms with E-state index in [1.54, 1.807) is 13.2 Å². The predicted octanol–water partition coefficient (Wildman–Crippen LogP) is 4.31. The molecular weight excluding hydrogens is 262 g/mol. The molecule has 3 rings (SSSR count). The number of methoxy groups -OCH3 is 1. The maximum Gasteiger partial charge on any atom is 0.235 e. The highest BCUT2D eigenvalue weighted by Gasteiger charge is 2.45. The number of benzene rings is 1. The van der Waals surface area contributed by atoms with Gasteiger partial charge in [-0.15, -0.1) is 0 Å². The van der Waals surface area contributed by atoms with E-state index in [0.29, 0.717) is 5.92 Å². The van der Waals surface area contributed by atoms with E-state index in [-0.39, 0.29) is 5.54 Å². The molecule has 2 fully saturated rings. The molecule has 0 spiro atoms. The molecule has 0 amide bonds. The number of nitrogens with zero attached hydrogens (tertiary/aromatic N) is 1. The van der Waals surface area contributed by atoms with E-state index in [9.17, 15) is 4.79 Å². The molecule has 112 valence electrons. The molecule has 0 unspecified atom stereocenters. The topological polar surface area (TPSA) is 38.7 Å². The molecule has 1 aromatic carbocycles. The smallest absolute Gasteiger partial charge is 0.235 e. The van der Waals surface area contributed by atoms with E-state index in [2.05, 4.69) is 24.0 Å². The molecule has 3 nitrogen and oxygen atoms in total. The molecule has 0 saturated heterocycles. The van der Waals surface area contributed by atoms with E-state index in [1.165, 1.54) is 31.2 Å². The zero-order valence-electron chi connectivity index (χ0n) is 12.9. The second-order valence-electron chi connectivity index (χ2n) is 6.65. The van der Waals surface area contributed by atoms with Crippen LogP contribution in [0.25, 0.3) is 0 Å². The molecule has 0 N–H and O–H groups in total. The second kappa shape index (κ2) is 5.65. The van der Waals surface area contributed by atoms with E-state index in [0.717, 1.165) is 30.1 Å². The van der Waals surface area contributed by atoms with Gasteiger partial charge in [0.2, 0.25) is 6.08 Å². The van der Waals surface area contributed by atoms with E-state index >= 15 is 0 Å². The summed E-state index contributed by atoms with van der Waals surface area (Å²) in [5.74, 6) is 2.39. The molecule has 0 atom stereocenters. The molecule has 1 aromatic rings. The maximum atomic E-state index is 10.7. The van der Waals surface area contributed by atoms with Crippen LogP contribution in [0.1, 0.15) is 62.5 Å². The summed E-state index contributed by atoms with van der Waals surface area (Å²) in [6.45, 7) is 2.34. The molecule has 0 bridgehead atoms. The third kappa shape index (κ3) is 2.75. The van der Waals surface area contributed by atoms with Crippen LogP contribution >= 0.6 is 0 Å². The van der Waals surface area contributed by atoms with Crippen LogP contribution in [-0.4, -0.2) is 13.2 Å². The fourth-order valence-electron chi connectivity index (χ4n) is 3.58.